The van der Waals surface area contributed by atoms with Crippen LogP contribution in [0.4, 0.5) is 0 Å². The quantitative estimate of drug-likeness (QED) is 0.623. The number of benzene rings is 2. The minimum Gasteiger partial charge on any atom is -0.310 e. The zero-order valence-electron chi connectivity index (χ0n) is 14.2. The van der Waals surface area contributed by atoms with Gasteiger partial charge in [0.15, 0.2) is 0 Å². The second-order valence-electron chi connectivity index (χ2n) is 6.84. The van der Waals surface area contributed by atoms with Crippen LogP contribution in [0.25, 0.3) is 0 Å². The molecule has 1 aliphatic carbocycles. The smallest absolute Gasteiger partial charge is 0.261 e. The van der Waals surface area contributed by atoms with Gasteiger partial charge in [-0.1, -0.05) is 42.5 Å². The minimum absolute atomic E-state index is 0.164. The molecule has 1 fully saturated rings. The summed E-state index contributed by atoms with van der Waals surface area (Å²) < 4.78 is 0. The first-order valence-electron chi connectivity index (χ1n) is 8.99. The lowest BCUT2D eigenvalue weighted by Crippen LogP contribution is -2.33. The predicted octanol–water partition coefficient (Wildman–Crippen LogP) is 3.41. The van der Waals surface area contributed by atoms with E-state index in [1.807, 2.05) is 6.07 Å². The molecule has 0 radical (unpaired) electrons. The topological polar surface area (TPSA) is 49.4 Å². The van der Waals surface area contributed by atoms with Crippen molar-refractivity contribution in [2.24, 2.45) is 5.92 Å². The van der Waals surface area contributed by atoms with Crippen molar-refractivity contribution in [2.45, 2.75) is 25.3 Å². The van der Waals surface area contributed by atoms with Crippen molar-refractivity contribution in [2.75, 3.05) is 13.1 Å². The largest absolute Gasteiger partial charge is 0.310 e. The van der Waals surface area contributed by atoms with Gasteiger partial charge < -0.3 is 5.32 Å². The average Bonchev–Trinajstić information content (AvgIpc) is 3.46. The van der Waals surface area contributed by atoms with Gasteiger partial charge in [0.2, 0.25) is 0 Å². The molecule has 128 valence electrons. The van der Waals surface area contributed by atoms with Gasteiger partial charge >= 0.3 is 0 Å². The second kappa shape index (κ2) is 6.81. The third kappa shape index (κ3) is 3.22. The van der Waals surface area contributed by atoms with E-state index in [1.54, 1.807) is 24.3 Å². The maximum absolute atomic E-state index is 12.4. The van der Waals surface area contributed by atoms with E-state index >= 15 is 0 Å². The van der Waals surface area contributed by atoms with Crippen LogP contribution in [-0.4, -0.2) is 29.8 Å². The van der Waals surface area contributed by atoms with Crippen molar-refractivity contribution in [1.82, 2.24) is 10.2 Å². The van der Waals surface area contributed by atoms with Crippen LogP contribution in [0.5, 0.6) is 0 Å². The summed E-state index contributed by atoms with van der Waals surface area (Å²) in [7, 11) is 0. The number of amides is 2. The van der Waals surface area contributed by atoms with Gasteiger partial charge in [-0.25, -0.2) is 0 Å². The van der Waals surface area contributed by atoms with Crippen LogP contribution in [-0.2, 0) is 0 Å². The first kappa shape index (κ1) is 16.0. The van der Waals surface area contributed by atoms with Crippen molar-refractivity contribution in [3.8, 4) is 0 Å². The summed E-state index contributed by atoms with van der Waals surface area (Å²) >= 11 is 0. The molecule has 1 atom stereocenters. The molecule has 1 aliphatic heterocycles. The lowest BCUT2D eigenvalue weighted by molar-refractivity contribution is 0.0652. The van der Waals surface area contributed by atoms with Gasteiger partial charge in [0.05, 0.1) is 11.1 Å². The Balaban J connectivity index is 1.33. The molecule has 0 aromatic heterocycles. The van der Waals surface area contributed by atoms with E-state index in [1.165, 1.54) is 23.3 Å². The normalized spacial score (nSPS) is 17.7. The summed E-state index contributed by atoms with van der Waals surface area (Å²) in [5.41, 5.74) is 2.38. The molecule has 2 amide bonds. The first-order chi connectivity index (χ1) is 12.3. The molecule has 0 bridgehead atoms. The van der Waals surface area contributed by atoms with Gasteiger partial charge in [-0.3, -0.25) is 14.5 Å². The van der Waals surface area contributed by atoms with Crippen LogP contribution < -0.4 is 5.32 Å². The summed E-state index contributed by atoms with van der Waals surface area (Å²) in [5.74, 6) is 0.381. The third-order valence-electron chi connectivity index (χ3n) is 5.05. The molecule has 2 aliphatic rings. The van der Waals surface area contributed by atoms with Gasteiger partial charge in [-0.05, 0) is 49.4 Å². The SMILES string of the molecule is O=C1c2ccccc2C(=O)N1CCCNC(c1ccccc1)C1CC1. The summed E-state index contributed by atoms with van der Waals surface area (Å²) in [6.07, 6.45) is 3.30. The van der Waals surface area contributed by atoms with Gasteiger partial charge in [0, 0.05) is 12.6 Å². The molecule has 4 heteroatoms. The number of rotatable bonds is 7. The number of carbonyl (C=O) groups excluding carboxylic acids is 2. The van der Waals surface area contributed by atoms with Crippen molar-refractivity contribution < 1.29 is 9.59 Å². The van der Waals surface area contributed by atoms with E-state index < -0.39 is 0 Å². The van der Waals surface area contributed by atoms with Crippen LogP contribution in [0.15, 0.2) is 54.6 Å². The Labute approximate surface area is 147 Å². The number of nitrogens with one attached hydrogen (secondary N) is 1. The first-order valence-corrected chi connectivity index (χ1v) is 8.99. The standard InChI is InChI=1S/C21H22N2O2/c24-20-17-9-4-5-10-18(17)21(25)23(20)14-6-13-22-19(16-11-12-16)15-7-2-1-3-8-15/h1-5,7-10,16,19,22H,6,11-14H2. The molecule has 0 spiro atoms. The van der Waals surface area contributed by atoms with Crippen LogP contribution in [0.2, 0.25) is 0 Å². The molecule has 2 aromatic rings. The highest BCUT2D eigenvalue weighted by molar-refractivity contribution is 6.21. The van der Waals surface area contributed by atoms with Gasteiger partial charge in [0.25, 0.3) is 11.8 Å². The Morgan fingerprint density at radius 1 is 0.920 bits per heavy atom. The Kier molecular flexibility index (Phi) is 4.36. The third-order valence-corrected chi connectivity index (χ3v) is 5.05. The fourth-order valence-electron chi connectivity index (χ4n) is 3.58. The van der Waals surface area contributed by atoms with Crippen molar-refractivity contribution in [3.63, 3.8) is 0 Å². The maximum Gasteiger partial charge on any atom is 0.261 e. The minimum atomic E-state index is -0.164. The number of fused-ring (bicyclic) bond motifs is 1. The Hall–Kier alpha value is -2.46. The fourth-order valence-corrected chi connectivity index (χ4v) is 3.58. The van der Waals surface area contributed by atoms with E-state index in [2.05, 4.69) is 29.6 Å². The molecule has 4 rings (SSSR count). The predicted molar refractivity (Wildman–Crippen MR) is 96.3 cm³/mol. The summed E-state index contributed by atoms with van der Waals surface area (Å²) in [6.45, 7) is 1.26. The highest BCUT2D eigenvalue weighted by Gasteiger charge is 2.35. The lowest BCUT2D eigenvalue weighted by Gasteiger charge is -2.20. The highest BCUT2D eigenvalue weighted by atomic mass is 16.2. The van der Waals surface area contributed by atoms with Gasteiger partial charge in [-0.15, -0.1) is 0 Å². The zero-order chi connectivity index (χ0) is 17.2. The van der Waals surface area contributed by atoms with E-state index in [0.29, 0.717) is 29.6 Å². The molecular formula is C21H22N2O2. The molecule has 0 saturated heterocycles. The number of imide groups is 1. The maximum atomic E-state index is 12.4. The summed E-state index contributed by atoms with van der Waals surface area (Å²) in [6, 6.07) is 18.0. The highest BCUT2D eigenvalue weighted by Crippen LogP contribution is 2.40. The molecule has 4 nitrogen and oxygen atoms in total. The Bertz CT molecular complexity index is 748. The van der Waals surface area contributed by atoms with Crippen molar-refractivity contribution >= 4 is 11.8 Å². The molecule has 1 saturated carbocycles. The van der Waals surface area contributed by atoms with Crippen molar-refractivity contribution in [1.29, 1.82) is 0 Å². The molecule has 1 unspecified atom stereocenters. The van der Waals surface area contributed by atoms with E-state index in [4.69, 9.17) is 0 Å². The molecule has 1 heterocycles. The number of hydrogen-bond donors (Lipinski definition) is 1. The lowest BCUT2D eigenvalue weighted by atomic mass is 10.0. The van der Waals surface area contributed by atoms with Crippen LogP contribution in [0, 0.1) is 5.92 Å². The summed E-state index contributed by atoms with van der Waals surface area (Å²) in [4.78, 5) is 26.1. The Morgan fingerprint density at radius 3 is 2.12 bits per heavy atom. The molecule has 25 heavy (non-hydrogen) atoms. The van der Waals surface area contributed by atoms with E-state index in [-0.39, 0.29) is 11.8 Å². The Morgan fingerprint density at radius 2 is 1.52 bits per heavy atom. The summed E-state index contributed by atoms with van der Waals surface area (Å²) in [5, 5.41) is 3.62. The second-order valence-corrected chi connectivity index (χ2v) is 6.84. The van der Waals surface area contributed by atoms with E-state index in [9.17, 15) is 9.59 Å². The van der Waals surface area contributed by atoms with Crippen LogP contribution >= 0.6 is 0 Å². The van der Waals surface area contributed by atoms with E-state index in [0.717, 1.165) is 13.0 Å². The van der Waals surface area contributed by atoms with Crippen molar-refractivity contribution in [3.05, 3.63) is 71.3 Å². The fraction of sp³-hybridized carbons (Fsp3) is 0.333. The molecule has 2 aromatic carbocycles. The molecule has 1 N–H and O–H groups in total. The van der Waals surface area contributed by atoms with Crippen LogP contribution in [0.1, 0.15) is 51.6 Å². The monoisotopic (exact) mass is 334 g/mol. The van der Waals surface area contributed by atoms with Gasteiger partial charge in [-0.2, -0.15) is 0 Å². The number of nitrogens with zero attached hydrogens (tertiary/aromatic N) is 1. The zero-order valence-corrected chi connectivity index (χ0v) is 14.2. The number of hydrogen-bond acceptors (Lipinski definition) is 3. The molecular weight excluding hydrogens is 312 g/mol. The number of carbonyl (C=O) groups is 2. The van der Waals surface area contributed by atoms with Crippen LogP contribution in [0.3, 0.4) is 0 Å². The average molecular weight is 334 g/mol. The van der Waals surface area contributed by atoms with Gasteiger partial charge in [0.1, 0.15) is 0 Å².